The first kappa shape index (κ1) is 9.74. The van der Waals surface area contributed by atoms with E-state index in [1.807, 2.05) is 0 Å². The van der Waals surface area contributed by atoms with Crippen molar-refractivity contribution in [3.8, 4) is 0 Å². The van der Waals surface area contributed by atoms with Crippen molar-refractivity contribution >= 4 is 70.8 Å². The molecule has 50 valence electrons. The molecule has 0 aliphatic heterocycles. The van der Waals surface area contributed by atoms with E-state index in [9.17, 15) is 0 Å². The van der Waals surface area contributed by atoms with Gasteiger partial charge in [-0.1, -0.05) is 0 Å². The molecule has 0 heterocycles. The maximum atomic E-state index is 1.78. The summed E-state index contributed by atoms with van der Waals surface area (Å²) in [5, 5.41) is 0. The van der Waals surface area contributed by atoms with Crippen LogP contribution in [0, 0.1) is 0 Å². The minimum absolute atomic E-state index is 0.407. The van der Waals surface area contributed by atoms with Crippen LogP contribution < -0.4 is 0 Å². The molecule has 0 aromatic heterocycles. The van der Waals surface area contributed by atoms with Crippen LogP contribution in [-0.2, 0) is 0 Å². The molecule has 0 aliphatic carbocycles. The van der Waals surface area contributed by atoms with Crippen LogP contribution in [0.5, 0.6) is 0 Å². The average molecular weight is 243 g/mol. The Hall–Kier alpha value is 1.74. The van der Waals surface area contributed by atoms with Crippen LogP contribution in [0.3, 0.4) is 0 Å². The zero-order valence-corrected chi connectivity index (χ0v) is 19.2. The first-order valence-electron chi connectivity index (χ1n) is 3.81. The molecule has 0 radical (unpaired) electrons. The highest BCUT2D eigenvalue weighted by Gasteiger charge is 1.99. The highest BCUT2D eigenvalue weighted by molar-refractivity contribution is 7.76. The quantitative estimate of drug-likeness (QED) is 0.430. The summed E-state index contributed by atoms with van der Waals surface area (Å²) in [7, 11) is 8.89. The Morgan fingerprint density at radius 2 is 1.38 bits per heavy atom. The summed E-state index contributed by atoms with van der Waals surface area (Å²) in [4.78, 5) is 0. The van der Waals surface area contributed by atoms with E-state index in [0.29, 0.717) is 7.35 Å². The minimum Gasteiger partial charge on any atom is -0.0120 e. The van der Waals surface area contributed by atoms with Crippen molar-refractivity contribution in [2.45, 2.75) is 0 Å². The van der Waals surface area contributed by atoms with Crippen LogP contribution in [0.15, 0.2) is 0 Å². The Balaban J connectivity index is 2.92. The lowest BCUT2D eigenvalue weighted by Crippen LogP contribution is -2.38. The molecule has 0 saturated carbocycles. The molecular formula is H18Si8. The second kappa shape index (κ2) is 6.85. The zero-order valence-electron chi connectivity index (χ0n) is 6.41. The van der Waals surface area contributed by atoms with E-state index in [1.54, 1.807) is 29.3 Å². The lowest BCUT2D eigenvalue weighted by molar-refractivity contribution is 3.76. The van der Waals surface area contributed by atoms with Crippen molar-refractivity contribution < 1.29 is 0 Å². The smallest absolute Gasteiger partial charge is 0.00748 e. The topological polar surface area (TPSA) is 0 Å². The molecule has 0 aromatic carbocycles. The predicted molar refractivity (Wildman–Crippen MR) is 71.1 cm³/mol. The number of hydrogen-bond donors (Lipinski definition) is 0. The Morgan fingerprint density at radius 3 is 1.62 bits per heavy atom. The molecule has 0 atom stereocenters. The minimum atomic E-state index is 0.407. The van der Waals surface area contributed by atoms with Gasteiger partial charge in [-0.25, -0.2) is 0 Å². The monoisotopic (exact) mass is 242 g/mol. The van der Waals surface area contributed by atoms with Gasteiger partial charge >= 0.3 is 0 Å². The molecule has 0 bridgehead atoms. The SMILES string of the molecule is [SiH3][SiH2][SiH2][SiH]([SiH3])[SiH2][SiH2][SiH3]. The summed E-state index contributed by atoms with van der Waals surface area (Å²) < 4.78 is 0. The molecule has 8 heavy (non-hydrogen) atoms. The maximum absolute atomic E-state index is 1.78. The molecule has 0 saturated heterocycles. The standard InChI is InChI=1S/H18Si8/c1-4-6-8(3)7-5-2/h8H,4-7H2,1-3H3. The zero-order chi connectivity index (χ0) is 6.41. The molecule has 0 amide bonds. The Morgan fingerprint density at radius 1 is 1.00 bits per heavy atom. The maximum Gasteiger partial charge on any atom is -0.00748 e. The lowest BCUT2D eigenvalue weighted by atomic mass is 26.1. The molecule has 0 spiro atoms. The average Bonchev–Trinajstić information content (AvgIpc) is 1.68. The van der Waals surface area contributed by atoms with Crippen LogP contribution in [0.1, 0.15) is 0 Å². The van der Waals surface area contributed by atoms with Crippen molar-refractivity contribution in [3.05, 3.63) is 0 Å². The highest BCUT2D eigenvalue weighted by atomic mass is 30.1. The van der Waals surface area contributed by atoms with Crippen molar-refractivity contribution in [1.29, 1.82) is 0 Å². The largest absolute Gasteiger partial charge is 0.0120 e. The fourth-order valence-corrected chi connectivity index (χ4v) is 275. The van der Waals surface area contributed by atoms with Gasteiger partial charge in [0.1, 0.15) is 0 Å². The van der Waals surface area contributed by atoms with E-state index in [0.717, 1.165) is 34.2 Å². The van der Waals surface area contributed by atoms with Gasteiger partial charge in [-0.2, -0.15) is 0 Å². The molecule has 0 aromatic rings. The van der Waals surface area contributed by atoms with Crippen molar-refractivity contribution in [1.82, 2.24) is 0 Å². The molecule has 8 heteroatoms. The predicted octanol–water partition coefficient (Wildman–Crippen LogP) is -7.86. The van der Waals surface area contributed by atoms with Gasteiger partial charge in [0.2, 0.25) is 0 Å². The van der Waals surface area contributed by atoms with Gasteiger partial charge < -0.3 is 0 Å². The Kier molecular flexibility index (Phi) is 8.34. The fraction of sp³-hybridized carbons (Fsp3) is 0. The van der Waals surface area contributed by atoms with Crippen molar-refractivity contribution in [3.63, 3.8) is 0 Å². The lowest BCUT2D eigenvalue weighted by Gasteiger charge is -2.01. The molecule has 0 nitrogen and oxygen atoms in total. The van der Waals surface area contributed by atoms with Gasteiger partial charge in [0.25, 0.3) is 0 Å². The fourth-order valence-electron chi connectivity index (χ4n) is 1.13. The second-order valence-electron chi connectivity index (χ2n) is 2.68. The second-order valence-corrected chi connectivity index (χ2v) is 72.4. The molecule has 0 N–H and O–H groups in total. The van der Waals surface area contributed by atoms with Crippen LogP contribution in [0.2, 0.25) is 0 Å². The summed E-state index contributed by atoms with van der Waals surface area (Å²) in [6, 6.07) is 0. The van der Waals surface area contributed by atoms with Gasteiger partial charge in [0.05, 0.1) is 0 Å². The van der Waals surface area contributed by atoms with E-state index in [4.69, 9.17) is 0 Å². The first-order valence-corrected chi connectivity index (χ1v) is 34.3. The Bertz CT molecular complexity index is 33.3. The van der Waals surface area contributed by atoms with Crippen LogP contribution in [0.25, 0.3) is 0 Å². The van der Waals surface area contributed by atoms with Gasteiger partial charge in [0, 0.05) is 0 Å². The van der Waals surface area contributed by atoms with Crippen LogP contribution >= 0.6 is 0 Å². The van der Waals surface area contributed by atoms with Crippen LogP contribution in [0.4, 0.5) is 0 Å². The third-order valence-corrected chi connectivity index (χ3v) is 127. The van der Waals surface area contributed by atoms with E-state index >= 15 is 0 Å². The number of rotatable bonds is 4. The number of hydrogen-bond acceptors (Lipinski definition) is 0. The first-order chi connectivity index (χ1) is 3.81. The third-order valence-electron chi connectivity index (χ3n) is 1.56. The van der Waals surface area contributed by atoms with Gasteiger partial charge in [0.15, 0.2) is 0 Å². The molecule has 0 fully saturated rings. The van der Waals surface area contributed by atoms with Crippen molar-refractivity contribution in [2.24, 2.45) is 0 Å². The summed E-state index contributed by atoms with van der Waals surface area (Å²) in [6.45, 7) is 0. The van der Waals surface area contributed by atoms with Gasteiger partial charge in [-0.15, -0.1) is 0 Å². The summed E-state index contributed by atoms with van der Waals surface area (Å²) in [6.07, 6.45) is 0. The van der Waals surface area contributed by atoms with E-state index in [1.165, 1.54) is 0 Å². The third kappa shape index (κ3) is 5.86. The molecule has 0 unspecified atom stereocenters. The molecule has 0 aliphatic rings. The van der Waals surface area contributed by atoms with Gasteiger partial charge in [-0.3, -0.25) is 0 Å². The summed E-state index contributed by atoms with van der Waals surface area (Å²) in [5.41, 5.74) is 0. The summed E-state index contributed by atoms with van der Waals surface area (Å²) in [5.74, 6) is 0. The van der Waals surface area contributed by atoms with E-state index in [-0.39, 0.29) is 0 Å². The van der Waals surface area contributed by atoms with Gasteiger partial charge in [-0.05, 0) is 70.8 Å². The van der Waals surface area contributed by atoms with Crippen molar-refractivity contribution in [2.75, 3.05) is 0 Å². The molecular weight excluding hydrogens is 225 g/mol. The van der Waals surface area contributed by atoms with E-state index in [2.05, 4.69) is 0 Å². The highest BCUT2D eigenvalue weighted by Crippen LogP contribution is 1.62. The van der Waals surface area contributed by atoms with Crippen LogP contribution in [-0.4, -0.2) is 70.8 Å². The summed E-state index contributed by atoms with van der Waals surface area (Å²) >= 11 is 0. The molecule has 0 rings (SSSR count). The van der Waals surface area contributed by atoms with E-state index < -0.39 is 0 Å². The normalized spacial score (nSPS) is 21.0. The Labute approximate surface area is 70.7 Å².